The molecule has 0 fully saturated rings. The van der Waals surface area contributed by atoms with E-state index in [9.17, 15) is 0 Å². The van der Waals surface area contributed by atoms with Crippen LogP contribution in [0.5, 0.6) is 0 Å². The molecule has 0 bridgehead atoms. The Bertz CT molecular complexity index is 750. The summed E-state index contributed by atoms with van der Waals surface area (Å²) in [6, 6.07) is 16.9. The smallest absolute Gasteiger partial charge is 0.0453 e. The molecule has 0 spiro atoms. The fourth-order valence-corrected chi connectivity index (χ4v) is 2.53. The molecule has 23 heavy (non-hydrogen) atoms. The van der Waals surface area contributed by atoms with E-state index < -0.39 is 0 Å². The maximum atomic E-state index is 3.38. The van der Waals surface area contributed by atoms with Crippen LogP contribution in [0.25, 0.3) is 12.2 Å². The second-order valence-electron chi connectivity index (χ2n) is 5.88. The van der Waals surface area contributed by atoms with E-state index in [4.69, 9.17) is 0 Å². The lowest BCUT2D eigenvalue weighted by molar-refractivity contribution is 1.13. The van der Waals surface area contributed by atoms with Crippen LogP contribution in [0, 0.1) is 0 Å². The van der Waals surface area contributed by atoms with Crippen molar-refractivity contribution >= 4 is 23.5 Å². The second-order valence-corrected chi connectivity index (χ2v) is 5.88. The number of nitrogens with zero attached hydrogens (tertiary/aromatic N) is 1. The summed E-state index contributed by atoms with van der Waals surface area (Å²) in [4.78, 5) is 2.11. The van der Waals surface area contributed by atoms with Crippen LogP contribution >= 0.6 is 0 Å². The van der Waals surface area contributed by atoms with Crippen molar-refractivity contribution in [1.29, 1.82) is 0 Å². The molecule has 2 aromatic rings. The molecular formula is C21H22N2. The maximum absolute atomic E-state index is 3.38. The van der Waals surface area contributed by atoms with Crippen molar-refractivity contribution in [3.63, 3.8) is 0 Å². The number of nitrogens with one attached hydrogen (secondary N) is 1. The van der Waals surface area contributed by atoms with Gasteiger partial charge in [-0.25, -0.2) is 0 Å². The van der Waals surface area contributed by atoms with Crippen LogP contribution in [0.15, 0.2) is 72.5 Å². The summed E-state index contributed by atoms with van der Waals surface area (Å²) in [7, 11) is 4.11. The minimum absolute atomic E-state index is 0.910. The molecule has 0 unspecified atom stereocenters. The normalized spacial score (nSPS) is 13.2. The fraction of sp³-hybridized carbons (Fsp3) is 0.143. The van der Waals surface area contributed by atoms with Gasteiger partial charge in [0.1, 0.15) is 0 Å². The molecule has 2 heteroatoms. The summed E-state index contributed by atoms with van der Waals surface area (Å²) >= 11 is 0. The Hall–Kier alpha value is -2.74. The van der Waals surface area contributed by atoms with Crippen LogP contribution in [0.4, 0.5) is 11.4 Å². The lowest BCUT2D eigenvalue weighted by Crippen LogP contribution is -2.07. The van der Waals surface area contributed by atoms with Gasteiger partial charge in [0.2, 0.25) is 0 Å². The molecule has 116 valence electrons. The molecule has 1 aliphatic rings. The van der Waals surface area contributed by atoms with Crippen molar-refractivity contribution < 1.29 is 0 Å². The molecule has 0 saturated heterocycles. The number of benzene rings is 2. The molecule has 1 aliphatic heterocycles. The van der Waals surface area contributed by atoms with Crippen LogP contribution in [-0.4, -0.2) is 14.1 Å². The molecule has 0 aliphatic carbocycles. The lowest BCUT2D eigenvalue weighted by atomic mass is 10.1. The third kappa shape index (κ3) is 3.92. The molecule has 1 N–H and O–H groups in total. The summed E-state index contributed by atoms with van der Waals surface area (Å²) in [6.07, 6.45) is 11.7. The minimum atomic E-state index is 0.910. The van der Waals surface area contributed by atoms with Crippen molar-refractivity contribution in [3.05, 3.63) is 83.6 Å². The third-order valence-electron chi connectivity index (χ3n) is 3.92. The second kappa shape index (κ2) is 7.01. The van der Waals surface area contributed by atoms with Gasteiger partial charge in [-0.15, -0.1) is 0 Å². The van der Waals surface area contributed by atoms with Gasteiger partial charge in [0.15, 0.2) is 0 Å². The zero-order valence-electron chi connectivity index (χ0n) is 13.7. The van der Waals surface area contributed by atoms with Gasteiger partial charge in [0.25, 0.3) is 0 Å². The van der Waals surface area contributed by atoms with E-state index in [-0.39, 0.29) is 0 Å². The topological polar surface area (TPSA) is 15.3 Å². The number of allylic oxidation sites excluding steroid dienone is 3. The van der Waals surface area contributed by atoms with Gasteiger partial charge in [0.05, 0.1) is 0 Å². The van der Waals surface area contributed by atoms with Crippen molar-refractivity contribution in [2.24, 2.45) is 0 Å². The summed E-state index contributed by atoms with van der Waals surface area (Å²) < 4.78 is 0. The summed E-state index contributed by atoms with van der Waals surface area (Å²) in [5.74, 6) is 0. The van der Waals surface area contributed by atoms with Crippen LogP contribution in [0.3, 0.4) is 0 Å². The first-order valence-electron chi connectivity index (χ1n) is 7.89. The van der Waals surface area contributed by atoms with Gasteiger partial charge in [0, 0.05) is 31.7 Å². The van der Waals surface area contributed by atoms with Gasteiger partial charge >= 0.3 is 0 Å². The predicted molar refractivity (Wildman–Crippen MR) is 102 cm³/mol. The number of hydrogen-bond acceptors (Lipinski definition) is 2. The predicted octanol–water partition coefficient (Wildman–Crippen LogP) is 5.18. The molecule has 0 amide bonds. The molecule has 0 saturated carbocycles. The Morgan fingerprint density at radius 3 is 2.52 bits per heavy atom. The molecule has 0 aromatic heterocycles. The van der Waals surface area contributed by atoms with Crippen LogP contribution in [0.2, 0.25) is 0 Å². The number of anilines is 2. The zero-order valence-corrected chi connectivity index (χ0v) is 13.7. The highest BCUT2D eigenvalue weighted by molar-refractivity contribution is 5.71. The van der Waals surface area contributed by atoms with Crippen molar-refractivity contribution in [2.45, 2.75) is 6.42 Å². The standard InChI is InChI=1S/C21H22N2/c1-23(2)20-14-11-17(12-15-20)6-5-7-18-10-13-19-8-3-4-9-21(19)22-16-18/h3-6,8-16,22H,7H2,1-2H3. The number of rotatable bonds is 4. The van der Waals surface area contributed by atoms with Crippen molar-refractivity contribution in [1.82, 2.24) is 0 Å². The highest BCUT2D eigenvalue weighted by Gasteiger charge is 2.01. The average molecular weight is 302 g/mol. The van der Waals surface area contributed by atoms with Crippen LogP contribution < -0.4 is 10.2 Å². The highest BCUT2D eigenvalue weighted by Crippen LogP contribution is 2.22. The largest absolute Gasteiger partial charge is 0.378 e. The average Bonchev–Trinajstić information content (AvgIpc) is 2.78. The van der Waals surface area contributed by atoms with Gasteiger partial charge in [-0.2, -0.15) is 0 Å². The first-order chi connectivity index (χ1) is 11.2. The Labute approximate surface area is 138 Å². The third-order valence-corrected chi connectivity index (χ3v) is 3.92. The summed E-state index contributed by atoms with van der Waals surface area (Å²) in [5.41, 5.74) is 6.09. The van der Waals surface area contributed by atoms with E-state index in [0.29, 0.717) is 0 Å². The van der Waals surface area contributed by atoms with Gasteiger partial charge in [-0.3, -0.25) is 0 Å². The van der Waals surface area contributed by atoms with Gasteiger partial charge in [-0.05, 0) is 41.3 Å². The van der Waals surface area contributed by atoms with E-state index in [0.717, 1.165) is 12.1 Å². The van der Waals surface area contributed by atoms with Crippen molar-refractivity contribution in [2.75, 3.05) is 24.3 Å². The van der Waals surface area contributed by atoms with Crippen LogP contribution in [-0.2, 0) is 0 Å². The van der Waals surface area contributed by atoms with E-state index >= 15 is 0 Å². The van der Waals surface area contributed by atoms with Gasteiger partial charge in [-0.1, -0.05) is 54.6 Å². The Morgan fingerprint density at radius 1 is 0.957 bits per heavy atom. The first kappa shape index (κ1) is 15.2. The molecule has 0 atom stereocenters. The molecule has 3 rings (SSSR count). The number of hydrogen-bond donors (Lipinski definition) is 1. The van der Waals surface area contributed by atoms with E-state index in [1.807, 2.05) is 0 Å². The van der Waals surface area contributed by atoms with Crippen LogP contribution in [0.1, 0.15) is 17.5 Å². The highest BCUT2D eigenvalue weighted by atomic mass is 15.1. The minimum Gasteiger partial charge on any atom is -0.378 e. The van der Waals surface area contributed by atoms with E-state index in [2.05, 4.69) is 103 Å². The molecule has 0 radical (unpaired) electrons. The van der Waals surface area contributed by atoms with Gasteiger partial charge < -0.3 is 10.2 Å². The van der Waals surface area contributed by atoms with Crippen molar-refractivity contribution in [3.8, 4) is 0 Å². The quantitative estimate of drug-likeness (QED) is 0.837. The number of para-hydroxylation sites is 1. The maximum Gasteiger partial charge on any atom is 0.0453 e. The molecule has 1 heterocycles. The first-order valence-corrected chi connectivity index (χ1v) is 7.89. The Kier molecular flexibility index (Phi) is 4.62. The SMILES string of the molecule is CN(C)c1ccc(C=CCC2=CNc3ccccc3C=C2)cc1. The Morgan fingerprint density at radius 2 is 1.74 bits per heavy atom. The fourth-order valence-electron chi connectivity index (χ4n) is 2.53. The summed E-state index contributed by atoms with van der Waals surface area (Å²) in [5, 5.41) is 3.38. The summed E-state index contributed by atoms with van der Waals surface area (Å²) in [6.45, 7) is 0. The lowest BCUT2D eigenvalue weighted by Gasteiger charge is -2.11. The Balaban J connectivity index is 1.63. The molecule has 2 nitrogen and oxygen atoms in total. The number of fused-ring (bicyclic) bond motifs is 1. The van der Waals surface area contributed by atoms with E-state index in [1.165, 1.54) is 22.4 Å². The molecule has 2 aromatic carbocycles. The zero-order chi connectivity index (χ0) is 16.1. The monoisotopic (exact) mass is 302 g/mol. The molecular weight excluding hydrogens is 280 g/mol. The van der Waals surface area contributed by atoms with E-state index in [1.54, 1.807) is 0 Å².